The van der Waals surface area contributed by atoms with E-state index in [4.69, 9.17) is 9.47 Å². The van der Waals surface area contributed by atoms with Gasteiger partial charge in [-0.05, 0) is 31.9 Å². The molecule has 0 fully saturated rings. The molecule has 0 spiro atoms. The number of ether oxygens (including phenoxy) is 2. The Labute approximate surface area is 161 Å². The Balaban J connectivity index is 2.42. The molecule has 0 unspecified atom stereocenters. The molecule has 0 radical (unpaired) electrons. The second kappa shape index (κ2) is 16.0. The molecular weight excluding hydrogens is 322 g/mol. The predicted octanol–water partition coefficient (Wildman–Crippen LogP) is 6.49. The summed E-state index contributed by atoms with van der Waals surface area (Å²) in [6.45, 7) is 10.1. The fourth-order valence-electron chi connectivity index (χ4n) is 2.82. The highest BCUT2D eigenvalue weighted by Crippen LogP contribution is 2.25. The third-order valence-corrected chi connectivity index (χ3v) is 4.58. The van der Waals surface area contributed by atoms with Gasteiger partial charge in [-0.1, -0.05) is 71.8 Å². The molecule has 1 N–H and O–H groups in total. The van der Waals surface area contributed by atoms with Crippen LogP contribution in [0.2, 0.25) is 0 Å². The first-order valence-corrected chi connectivity index (χ1v) is 10.9. The van der Waals surface area contributed by atoms with Crippen LogP contribution in [0.25, 0.3) is 0 Å². The highest BCUT2D eigenvalue weighted by atomic mass is 16.5. The van der Waals surface area contributed by atoms with Gasteiger partial charge >= 0.3 is 0 Å². The summed E-state index contributed by atoms with van der Waals surface area (Å²) >= 11 is 0. The summed E-state index contributed by atoms with van der Waals surface area (Å²) in [6.07, 6.45) is 12.5. The number of nitrogens with one attached hydrogen (secondary N) is 1. The molecule has 0 bridgehead atoms. The van der Waals surface area contributed by atoms with Crippen LogP contribution < -0.4 is 14.8 Å². The minimum atomic E-state index is 0.777. The van der Waals surface area contributed by atoms with Crippen molar-refractivity contribution in [1.29, 1.82) is 0 Å². The highest BCUT2D eigenvalue weighted by molar-refractivity contribution is 5.40. The van der Waals surface area contributed by atoms with Crippen LogP contribution in [0.4, 0.5) is 0 Å². The topological polar surface area (TPSA) is 30.5 Å². The molecule has 0 aliphatic heterocycles. The molecule has 0 heterocycles. The lowest BCUT2D eigenvalue weighted by atomic mass is 10.1. The van der Waals surface area contributed by atoms with Crippen LogP contribution >= 0.6 is 0 Å². The smallest absolute Gasteiger partial charge is 0.127 e. The molecule has 150 valence electrons. The van der Waals surface area contributed by atoms with Crippen LogP contribution in [0.15, 0.2) is 18.2 Å². The maximum atomic E-state index is 6.03. The Morgan fingerprint density at radius 3 is 2.12 bits per heavy atom. The normalized spacial score (nSPS) is 10.9. The molecule has 0 aromatic heterocycles. The van der Waals surface area contributed by atoms with E-state index in [1.54, 1.807) is 0 Å². The number of hydrogen-bond acceptors (Lipinski definition) is 3. The van der Waals surface area contributed by atoms with E-state index in [9.17, 15) is 0 Å². The van der Waals surface area contributed by atoms with Gasteiger partial charge < -0.3 is 14.8 Å². The van der Waals surface area contributed by atoms with E-state index < -0.39 is 0 Å². The molecular formula is C23H41NO2. The zero-order chi connectivity index (χ0) is 18.9. The van der Waals surface area contributed by atoms with Gasteiger partial charge in [-0.15, -0.1) is 0 Å². The first kappa shape index (κ1) is 22.8. The highest BCUT2D eigenvalue weighted by Gasteiger charge is 2.06. The van der Waals surface area contributed by atoms with E-state index in [1.807, 2.05) is 0 Å². The van der Waals surface area contributed by atoms with Crippen LogP contribution in [0.3, 0.4) is 0 Å². The van der Waals surface area contributed by atoms with Gasteiger partial charge in [-0.3, -0.25) is 0 Å². The zero-order valence-corrected chi connectivity index (χ0v) is 17.4. The van der Waals surface area contributed by atoms with Crippen molar-refractivity contribution in [3.05, 3.63) is 23.8 Å². The lowest BCUT2D eigenvalue weighted by Gasteiger charge is -2.14. The van der Waals surface area contributed by atoms with Gasteiger partial charge in [0, 0.05) is 18.2 Å². The van der Waals surface area contributed by atoms with Gasteiger partial charge in [-0.2, -0.15) is 0 Å². The van der Waals surface area contributed by atoms with Gasteiger partial charge in [-0.25, -0.2) is 0 Å². The molecule has 0 aliphatic rings. The fraction of sp³-hybridized carbons (Fsp3) is 0.739. The van der Waals surface area contributed by atoms with E-state index in [0.717, 1.165) is 63.5 Å². The first-order chi connectivity index (χ1) is 12.8. The monoisotopic (exact) mass is 363 g/mol. The lowest BCUT2D eigenvalue weighted by molar-refractivity contribution is 0.291. The van der Waals surface area contributed by atoms with Crippen LogP contribution in [0, 0.1) is 0 Å². The molecule has 3 nitrogen and oxygen atoms in total. The summed E-state index contributed by atoms with van der Waals surface area (Å²) in [4.78, 5) is 0. The average molecular weight is 364 g/mol. The average Bonchev–Trinajstić information content (AvgIpc) is 2.65. The van der Waals surface area contributed by atoms with E-state index in [2.05, 4.69) is 44.3 Å². The Kier molecular flexibility index (Phi) is 14.0. The molecule has 0 saturated heterocycles. The maximum absolute atomic E-state index is 6.03. The molecule has 0 atom stereocenters. The van der Waals surface area contributed by atoms with Gasteiger partial charge in [0.15, 0.2) is 0 Å². The Bertz CT molecular complexity index is 448. The number of hydrogen-bond donors (Lipinski definition) is 1. The van der Waals surface area contributed by atoms with Crippen molar-refractivity contribution >= 4 is 0 Å². The summed E-state index contributed by atoms with van der Waals surface area (Å²) in [6, 6.07) is 6.29. The largest absolute Gasteiger partial charge is 0.493 e. The predicted molar refractivity (Wildman–Crippen MR) is 112 cm³/mol. The quantitative estimate of drug-likeness (QED) is 0.321. The van der Waals surface area contributed by atoms with Crippen LogP contribution in [0.5, 0.6) is 11.5 Å². The van der Waals surface area contributed by atoms with Gasteiger partial charge in [0.25, 0.3) is 0 Å². The second-order valence-electron chi connectivity index (χ2n) is 7.12. The molecule has 0 saturated carbocycles. The van der Waals surface area contributed by atoms with Crippen molar-refractivity contribution in [2.75, 3.05) is 19.8 Å². The van der Waals surface area contributed by atoms with Gasteiger partial charge in [0.1, 0.15) is 11.5 Å². The van der Waals surface area contributed by atoms with E-state index in [-0.39, 0.29) is 0 Å². The standard InChI is InChI=1S/C23H41NO2/c1-4-7-10-11-12-13-16-24-20-21-14-15-22(25-17-8-5-2)19-23(21)26-18-9-6-3/h14-15,19,24H,4-13,16-18,20H2,1-3H3. The summed E-state index contributed by atoms with van der Waals surface area (Å²) < 4.78 is 11.9. The molecule has 3 heteroatoms. The van der Waals surface area contributed by atoms with Crippen molar-refractivity contribution in [1.82, 2.24) is 5.32 Å². The fourth-order valence-corrected chi connectivity index (χ4v) is 2.82. The van der Waals surface area contributed by atoms with E-state index in [0.29, 0.717) is 0 Å². The van der Waals surface area contributed by atoms with E-state index in [1.165, 1.54) is 44.1 Å². The van der Waals surface area contributed by atoms with Crippen molar-refractivity contribution in [3.8, 4) is 11.5 Å². The van der Waals surface area contributed by atoms with E-state index >= 15 is 0 Å². The molecule has 1 rings (SSSR count). The SMILES string of the molecule is CCCCCCCCNCc1ccc(OCCCC)cc1OCCCC. The minimum absolute atomic E-state index is 0.777. The first-order valence-electron chi connectivity index (χ1n) is 10.9. The maximum Gasteiger partial charge on any atom is 0.127 e. The van der Waals surface area contributed by atoms with Gasteiger partial charge in [0.05, 0.1) is 13.2 Å². The zero-order valence-electron chi connectivity index (χ0n) is 17.4. The summed E-state index contributed by atoms with van der Waals surface area (Å²) in [5.74, 6) is 1.90. The van der Waals surface area contributed by atoms with Crippen molar-refractivity contribution in [2.45, 2.75) is 91.5 Å². The minimum Gasteiger partial charge on any atom is -0.493 e. The number of benzene rings is 1. The molecule has 0 aliphatic carbocycles. The lowest BCUT2D eigenvalue weighted by Crippen LogP contribution is -2.15. The van der Waals surface area contributed by atoms with Crippen LogP contribution in [-0.2, 0) is 6.54 Å². The summed E-state index contributed by atoms with van der Waals surface area (Å²) in [7, 11) is 0. The Morgan fingerprint density at radius 1 is 0.731 bits per heavy atom. The molecule has 0 amide bonds. The second-order valence-corrected chi connectivity index (χ2v) is 7.12. The van der Waals surface area contributed by atoms with Crippen molar-refractivity contribution in [3.63, 3.8) is 0 Å². The number of unbranched alkanes of at least 4 members (excludes halogenated alkanes) is 7. The van der Waals surface area contributed by atoms with Crippen molar-refractivity contribution in [2.24, 2.45) is 0 Å². The molecule has 1 aromatic rings. The third kappa shape index (κ3) is 10.7. The van der Waals surface area contributed by atoms with Gasteiger partial charge in [0.2, 0.25) is 0 Å². The van der Waals surface area contributed by atoms with Crippen LogP contribution in [-0.4, -0.2) is 19.8 Å². The number of rotatable bonds is 17. The third-order valence-electron chi connectivity index (χ3n) is 4.58. The Hall–Kier alpha value is -1.22. The van der Waals surface area contributed by atoms with Crippen molar-refractivity contribution < 1.29 is 9.47 Å². The summed E-state index contributed by atoms with van der Waals surface area (Å²) in [5, 5.41) is 3.57. The van der Waals surface area contributed by atoms with Crippen LogP contribution in [0.1, 0.15) is 90.5 Å². The molecule has 26 heavy (non-hydrogen) atoms. The molecule has 1 aromatic carbocycles. The Morgan fingerprint density at radius 2 is 1.38 bits per heavy atom. The summed E-state index contributed by atoms with van der Waals surface area (Å²) in [5.41, 5.74) is 1.23.